The van der Waals surface area contributed by atoms with Crippen molar-refractivity contribution in [3.05, 3.63) is 222 Å². The molecule has 57 heavy (non-hydrogen) atoms. The maximum Gasteiger partial charge on any atom is 0.164 e. The minimum absolute atomic E-state index is 0.511. The van der Waals surface area contributed by atoms with E-state index in [2.05, 4.69) is 158 Å². The Balaban J connectivity index is 1.06. The number of hydrogen-bond donors (Lipinski definition) is 0. The maximum atomic E-state index is 9.96. The molecule has 264 valence electrons. The number of fused-ring (bicyclic) bond motifs is 10. The van der Waals surface area contributed by atoms with E-state index in [1.807, 2.05) is 42.5 Å². The summed E-state index contributed by atoms with van der Waals surface area (Å²) in [5.41, 5.74) is 17.1. The van der Waals surface area contributed by atoms with Crippen molar-refractivity contribution in [1.29, 1.82) is 5.26 Å². The monoisotopic (exact) mass is 724 g/mol. The van der Waals surface area contributed by atoms with Crippen LogP contribution in [-0.4, -0.2) is 15.0 Å². The number of benzene rings is 8. The molecule has 1 spiro atoms. The number of hydrogen-bond acceptors (Lipinski definition) is 4. The van der Waals surface area contributed by atoms with E-state index in [9.17, 15) is 5.26 Å². The predicted molar refractivity (Wildman–Crippen MR) is 228 cm³/mol. The third-order valence-electron chi connectivity index (χ3n) is 11.6. The summed E-state index contributed by atoms with van der Waals surface area (Å²) in [5.74, 6) is 1.86. The molecule has 4 heteroatoms. The molecule has 4 nitrogen and oxygen atoms in total. The van der Waals surface area contributed by atoms with Gasteiger partial charge in [0.15, 0.2) is 17.5 Å². The molecule has 1 heterocycles. The lowest BCUT2D eigenvalue weighted by molar-refractivity contribution is 0.794. The molecule has 0 bridgehead atoms. The highest BCUT2D eigenvalue weighted by Gasteiger charge is 2.51. The van der Waals surface area contributed by atoms with Crippen LogP contribution in [0.25, 0.3) is 78.7 Å². The van der Waals surface area contributed by atoms with E-state index in [0.29, 0.717) is 23.0 Å². The standard InChI is InChI=1S/C53H32N4/c54-33-34-22-29-48-45(30-34)44-28-27-40(32-49(44)53(48)46-20-9-7-18-42(46)43-19-8-10-21-47(43)53)39-16-11-17-41(31-39)52-56-50(37-14-5-2-6-15-37)55-51(57-52)38-25-23-36(24-26-38)35-12-3-1-4-13-35/h1-32H. The first kappa shape index (κ1) is 32.7. The van der Waals surface area contributed by atoms with Crippen molar-refractivity contribution >= 4 is 0 Å². The first-order valence-electron chi connectivity index (χ1n) is 19.2. The quantitative estimate of drug-likeness (QED) is 0.177. The highest BCUT2D eigenvalue weighted by molar-refractivity contribution is 5.96. The Labute approximate surface area is 331 Å². The second kappa shape index (κ2) is 12.9. The van der Waals surface area contributed by atoms with Crippen LogP contribution in [0.4, 0.5) is 0 Å². The summed E-state index contributed by atoms with van der Waals surface area (Å²) in [5, 5.41) is 9.96. The molecule has 2 aliphatic rings. The van der Waals surface area contributed by atoms with E-state index in [1.165, 1.54) is 33.4 Å². The van der Waals surface area contributed by atoms with Gasteiger partial charge in [-0.15, -0.1) is 0 Å². The lowest BCUT2D eigenvalue weighted by atomic mass is 9.70. The van der Waals surface area contributed by atoms with E-state index >= 15 is 0 Å². The second-order valence-electron chi connectivity index (χ2n) is 14.7. The largest absolute Gasteiger partial charge is 0.208 e. The average molecular weight is 725 g/mol. The van der Waals surface area contributed by atoms with Crippen molar-refractivity contribution in [3.63, 3.8) is 0 Å². The topological polar surface area (TPSA) is 62.5 Å². The number of rotatable bonds is 5. The van der Waals surface area contributed by atoms with Gasteiger partial charge in [0.1, 0.15) is 0 Å². The summed E-state index contributed by atoms with van der Waals surface area (Å²) in [6, 6.07) is 70.4. The van der Waals surface area contributed by atoms with E-state index in [-0.39, 0.29) is 0 Å². The zero-order valence-electron chi connectivity index (χ0n) is 30.8. The Hall–Kier alpha value is -7.74. The summed E-state index contributed by atoms with van der Waals surface area (Å²) >= 11 is 0. The van der Waals surface area contributed by atoms with Gasteiger partial charge in [0.2, 0.25) is 0 Å². The van der Waals surface area contributed by atoms with Gasteiger partial charge in [-0.2, -0.15) is 5.26 Å². The summed E-state index contributed by atoms with van der Waals surface area (Å²) < 4.78 is 0. The van der Waals surface area contributed by atoms with E-state index < -0.39 is 5.41 Å². The zero-order valence-corrected chi connectivity index (χ0v) is 30.8. The van der Waals surface area contributed by atoms with Crippen molar-refractivity contribution < 1.29 is 0 Å². The number of aromatic nitrogens is 3. The minimum Gasteiger partial charge on any atom is -0.208 e. The van der Waals surface area contributed by atoms with Gasteiger partial charge in [-0.1, -0.05) is 170 Å². The van der Waals surface area contributed by atoms with Gasteiger partial charge in [0, 0.05) is 16.7 Å². The van der Waals surface area contributed by atoms with Crippen molar-refractivity contribution in [1.82, 2.24) is 15.0 Å². The highest BCUT2D eigenvalue weighted by atomic mass is 15.0. The molecule has 0 unspecified atom stereocenters. The molecular weight excluding hydrogens is 693 g/mol. The summed E-state index contributed by atoms with van der Waals surface area (Å²) in [4.78, 5) is 15.1. The molecule has 0 atom stereocenters. The lowest BCUT2D eigenvalue weighted by Crippen LogP contribution is -2.25. The molecule has 0 N–H and O–H groups in total. The smallest absolute Gasteiger partial charge is 0.164 e. The third kappa shape index (κ3) is 5.10. The van der Waals surface area contributed by atoms with Gasteiger partial charge >= 0.3 is 0 Å². The summed E-state index contributed by atoms with van der Waals surface area (Å²) in [6.45, 7) is 0. The predicted octanol–water partition coefficient (Wildman–Crippen LogP) is 12.4. The Morgan fingerprint density at radius 1 is 0.316 bits per heavy atom. The fourth-order valence-corrected chi connectivity index (χ4v) is 9.02. The highest BCUT2D eigenvalue weighted by Crippen LogP contribution is 2.63. The van der Waals surface area contributed by atoms with Crippen LogP contribution in [-0.2, 0) is 5.41 Å². The van der Waals surface area contributed by atoms with Crippen molar-refractivity contribution in [2.24, 2.45) is 0 Å². The average Bonchev–Trinajstić information content (AvgIpc) is 3.76. The van der Waals surface area contributed by atoms with Gasteiger partial charge in [-0.25, -0.2) is 15.0 Å². The Kier molecular flexibility index (Phi) is 7.42. The van der Waals surface area contributed by atoms with Gasteiger partial charge in [0.25, 0.3) is 0 Å². The SMILES string of the molecule is N#Cc1ccc2c(c1)-c1ccc(-c3cccc(-c4nc(-c5ccccc5)nc(-c5ccc(-c6ccccc6)cc5)n4)c3)cc1C21c2ccccc2-c2ccccc21. The van der Waals surface area contributed by atoms with Crippen LogP contribution in [0.2, 0.25) is 0 Å². The first-order valence-corrected chi connectivity index (χ1v) is 19.2. The number of nitrogens with zero attached hydrogens (tertiary/aromatic N) is 4. The molecule has 8 aromatic carbocycles. The fraction of sp³-hybridized carbons (Fsp3) is 0.0189. The van der Waals surface area contributed by atoms with Gasteiger partial charge in [-0.3, -0.25) is 0 Å². The summed E-state index contributed by atoms with van der Waals surface area (Å²) in [7, 11) is 0. The van der Waals surface area contributed by atoms with Crippen molar-refractivity contribution in [2.45, 2.75) is 5.41 Å². The molecule has 9 aromatic rings. The van der Waals surface area contributed by atoms with E-state index in [1.54, 1.807) is 0 Å². The molecule has 0 radical (unpaired) electrons. The van der Waals surface area contributed by atoms with Crippen molar-refractivity contribution in [2.75, 3.05) is 0 Å². The van der Waals surface area contributed by atoms with Crippen LogP contribution >= 0.6 is 0 Å². The molecule has 0 saturated carbocycles. The molecule has 0 aliphatic heterocycles. The van der Waals surface area contributed by atoms with Gasteiger partial charge in [-0.05, 0) is 91.0 Å². The second-order valence-corrected chi connectivity index (χ2v) is 14.7. The Morgan fingerprint density at radius 3 is 1.44 bits per heavy atom. The molecule has 2 aliphatic carbocycles. The van der Waals surface area contributed by atoms with Crippen LogP contribution in [0.15, 0.2) is 194 Å². The molecule has 0 saturated heterocycles. The Bertz CT molecular complexity index is 3030. The fourth-order valence-electron chi connectivity index (χ4n) is 9.02. The normalized spacial score (nSPS) is 12.7. The van der Waals surface area contributed by atoms with E-state index in [0.717, 1.165) is 50.1 Å². The van der Waals surface area contributed by atoms with Crippen LogP contribution < -0.4 is 0 Å². The first-order chi connectivity index (χ1) is 28.2. The molecule has 1 aromatic heterocycles. The Morgan fingerprint density at radius 2 is 0.772 bits per heavy atom. The van der Waals surface area contributed by atoms with Crippen LogP contribution in [0.1, 0.15) is 27.8 Å². The van der Waals surface area contributed by atoms with Crippen LogP contribution in [0, 0.1) is 11.3 Å². The third-order valence-corrected chi connectivity index (χ3v) is 11.6. The van der Waals surface area contributed by atoms with Crippen LogP contribution in [0.5, 0.6) is 0 Å². The molecule has 0 fully saturated rings. The minimum atomic E-state index is -0.511. The number of nitriles is 1. The van der Waals surface area contributed by atoms with Crippen molar-refractivity contribution in [3.8, 4) is 84.7 Å². The van der Waals surface area contributed by atoms with Gasteiger partial charge < -0.3 is 0 Å². The van der Waals surface area contributed by atoms with E-state index in [4.69, 9.17) is 15.0 Å². The summed E-state index contributed by atoms with van der Waals surface area (Å²) in [6.07, 6.45) is 0. The van der Waals surface area contributed by atoms with Crippen LogP contribution in [0.3, 0.4) is 0 Å². The lowest BCUT2D eigenvalue weighted by Gasteiger charge is -2.30. The maximum absolute atomic E-state index is 9.96. The van der Waals surface area contributed by atoms with Gasteiger partial charge in [0.05, 0.1) is 17.0 Å². The molecule has 0 amide bonds. The zero-order chi connectivity index (χ0) is 37.9. The molecule has 11 rings (SSSR count). The molecular formula is C53H32N4.